The van der Waals surface area contributed by atoms with Crippen molar-refractivity contribution in [2.24, 2.45) is 0 Å². The Labute approximate surface area is 120 Å². The molecule has 0 radical (unpaired) electrons. The Balaban J connectivity index is 3.24. The van der Waals surface area contributed by atoms with E-state index >= 15 is 0 Å². The molecule has 0 amide bonds. The van der Waals surface area contributed by atoms with Gasteiger partial charge in [0.2, 0.25) is 0 Å². The van der Waals surface area contributed by atoms with Gasteiger partial charge in [-0.05, 0) is 37.1 Å². The van der Waals surface area contributed by atoms with Crippen LogP contribution in [0.5, 0.6) is 0 Å². The summed E-state index contributed by atoms with van der Waals surface area (Å²) in [5.74, 6) is -1.83. The van der Waals surface area contributed by atoms with E-state index in [4.69, 9.17) is 0 Å². The number of carbonyl (C=O) groups is 1. The van der Waals surface area contributed by atoms with E-state index in [0.717, 1.165) is 19.2 Å². The first-order valence-electron chi connectivity index (χ1n) is 6.40. The molecule has 2 unspecified atom stereocenters. The van der Waals surface area contributed by atoms with E-state index in [1.807, 2.05) is 6.92 Å². The molecular weight excluding hydrogens is 290 g/mol. The van der Waals surface area contributed by atoms with Gasteiger partial charge in [-0.25, -0.2) is 9.18 Å². The summed E-state index contributed by atoms with van der Waals surface area (Å²) >= 11 is 0. The molecule has 1 aromatic rings. The lowest BCUT2D eigenvalue weighted by atomic mass is 10.0. The van der Waals surface area contributed by atoms with Gasteiger partial charge in [0.1, 0.15) is 11.9 Å². The Morgan fingerprint density at radius 2 is 1.95 bits per heavy atom. The summed E-state index contributed by atoms with van der Waals surface area (Å²) in [6.45, 7) is 3.61. The van der Waals surface area contributed by atoms with E-state index in [-0.39, 0.29) is 11.6 Å². The lowest BCUT2D eigenvalue weighted by Gasteiger charge is -2.22. The molecule has 1 aromatic carbocycles. The molecule has 1 rings (SSSR count). The summed E-state index contributed by atoms with van der Waals surface area (Å²) in [5.41, 5.74) is -1.26. The molecular formula is C14H17F4NO2. The Morgan fingerprint density at radius 1 is 1.33 bits per heavy atom. The van der Waals surface area contributed by atoms with Crippen LogP contribution in [0.2, 0.25) is 0 Å². The molecule has 1 N–H and O–H groups in total. The number of halogens is 4. The van der Waals surface area contributed by atoms with Crippen molar-refractivity contribution < 1.29 is 27.1 Å². The van der Waals surface area contributed by atoms with Crippen LogP contribution >= 0.6 is 0 Å². The van der Waals surface area contributed by atoms with Crippen molar-refractivity contribution in [3.05, 3.63) is 35.1 Å². The van der Waals surface area contributed by atoms with Crippen molar-refractivity contribution >= 4 is 5.97 Å². The molecule has 3 nitrogen and oxygen atoms in total. The van der Waals surface area contributed by atoms with Crippen molar-refractivity contribution in [1.82, 2.24) is 5.32 Å². The third-order valence-corrected chi connectivity index (χ3v) is 3.08. The molecule has 0 heterocycles. The second kappa shape index (κ2) is 6.89. The highest BCUT2D eigenvalue weighted by Gasteiger charge is 2.33. The number of alkyl halides is 3. The third kappa shape index (κ3) is 4.70. The molecule has 0 bridgehead atoms. The van der Waals surface area contributed by atoms with Crippen molar-refractivity contribution in [1.29, 1.82) is 0 Å². The Hall–Kier alpha value is -1.63. The van der Waals surface area contributed by atoms with Gasteiger partial charge in [-0.2, -0.15) is 13.2 Å². The fourth-order valence-corrected chi connectivity index (χ4v) is 1.76. The first kappa shape index (κ1) is 17.4. The van der Waals surface area contributed by atoms with Crippen molar-refractivity contribution in [2.75, 3.05) is 7.11 Å². The monoisotopic (exact) mass is 307 g/mol. The number of nitrogens with one attached hydrogen (secondary N) is 1. The van der Waals surface area contributed by atoms with Gasteiger partial charge in [0, 0.05) is 6.04 Å². The van der Waals surface area contributed by atoms with Gasteiger partial charge in [0.15, 0.2) is 0 Å². The number of esters is 1. The molecule has 0 aliphatic rings. The molecule has 21 heavy (non-hydrogen) atoms. The third-order valence-electron chi connectivity index (χ3n) is 3.08. The van der Waals surface area contributed by atoms with E-state index < -0.39 is 29.6 Å². The molecule has 0 saturated carbocycles. The fourth-order valence-electron chi connectivity index (χ4n) is 1.76. The van der Waals surface area contributed by atoms with Gasteiger partial charge in [-0.1, -0.05) is 6.92 Å². The zero-order valence-electron chi connectivity index (χ0n) is 11.9. The lowest BCUT2D eigenvalue weighted by Crippen LogP contribution is -2.36. The van der Waals surface area contributed by atoms with Crippen LogP contribution in [-0.2, 0) is 15.7 Å². The number of ether oxygens (including phenoxy) is 1. The second-order valence-electron chi connectivity index (χ2n) is 4.70. The maximum absolute atomic E-state index is 13.4. The zero-order valence-corrected chi connectivity index (χ0v) is 11.9. The van der Waals surface area contributed by atoms with Crippen LogP contribution in [0.1, 0.15) is 37.4 Å². The van der Waals surface area contributed by atoms with Crippen LogP contribution in [0.25, 0.3) is 0 Å². The minimum atomic E-state index is -4.69. The van der Waals surface area contributed by atoms with Gasteiger partial charge in [-0.15, -0.1) is 0 Å². The number of hydrogen-bond donors (Lipinski definition) is 1. The molecule has 0 aliphatic heterocycles. The van der Waals surface area contributed by atoms with Crippen LogP contribution < -0.4 is 5.32 Å². The average Bonchev–Trinajstić information content (AvgIpc) is 2.41. The lowest BCUT2D eigenvalue weighted by molar-refractivity contribution is -0.144. The molecule has 0 spiro atoms. The van der Waals surface area contributed by atoms with Gasteiger partial charge < -0.3 is 4.74 Å². The van der Waals surface area contributed by atoms with Crippen LogP contribution in [0.15, 0.2) is 18.2 Å². The quantitative estimate of drug-likeness (QED) is 0.669. The minimum absolute atomic E-state index is 0.116. The van der Waals surface area contributed by atoms with Gasteiger partial charge >= 0.3 is 12.1 Å². The Bertz CT molecular complexity index is 502. The SMILES string of the molecule is CCC(C)NC(C(=O)OC)c1cc(F)cc(C(F)(F)F)c1. The smallest absolute Gasteiger partial charge is 0.416 e. The predicted octanol–water partition coefficient (Wildman–Crippen LogP) is 3.45. The summed E-state index contributed by atoms with van der Waals surface area (Å²) in [6, 6.07) is 0.737. The molecule has 0 saturated heterocycles. The topological polar surface area (TPSA) is 38.3 Å². The largest absolute Gasteiger partial charge is 0.468 e. The standard InChI is InChI=1S/C14H17F4NO2/c1-4-8(2)19-12(13(20)21-3)9-5-10(14(16,17)18)7-11(15)6-9/h5-8,12,19H,4H2,1-3H3. The number of benzene rings is 1. The highest BCUT2D eigenvalue weighted by atomic mass is 19.4. The van der Waals surface area contributed by atoms with Gasteiger partial charge in [0.05, 0.1) is 12.7 Å². The minimum Gasteiger partial charge on any atom is -0.468 e. The zero-order chi connectivity index (χ0) is 16.2. The van der Waals surface area contributed by atoms with Crippen LogP contribution in [0, 0.1) is 5.82 Å². The van der Waals surface area contributed by atoms with Crippen molar-refractivity contribution in [3.8, 4) is 0 Å². The van der Waals surface area contributed by atoms with Crippen molar-refractivity contribution in [3.63, 3.8) is 0 Å². The maximum atomic E-state index is 13.4. The number of hydrogen-bond acceptors (Lipinski definition) is 3. The normalized spacial score (nSPS) is 14.6. The first-order valence-corrected chi connectivity index (χ1v) is 6.40. The highest BCUT2D eigenvalue weighted by molar-refractivity contribution is 5.77. The summed E-state index contributed by atoms with van der Waals surface area (Å²) < 4.78 is 56.2. The van der Waals surface area contributed by atoms with E-state index in [0.29, 0.717) is 12.5 Å². The highest BCUT2D eigenvalue weighted by Crippen LogP contribution is 2.32. The second-order valence-corrected chi connectivity index (χ2v) is 4.70. The molecule has 2 atom stereocenters. The Morgan fingerprint density at radius 3 is 2.43 bits per heavy atom. The van der Waals surface area contributed by atoms with Crippen LogP contribution in [0.4, 0.5) is 17.6 Å². The number of methoxy groups -OCH3 is 1. The number of rotatable bonds is 5. The molecule has 0 aromatic heterocycles. The molecule has 0 fully saturated rings. The first-order chi connectivity index (χ1) is 9.68. The summed E-state index contributed by atoms with van der Waals surface area (Å²) in [5, 5.41) is 2.83. The number of carbonyl (C=O) groups excluding carboxylic acids is 1. The van der Waals surface area contributed by atoms with Gasteiger partial charge in [0.25, 0.3) is 0 Å². The Kier molecular flexibility index (Phi) is 5.71. The molecule has 7 heteroatoms. The van der Waals surface area contributed by atoms with E-state index in [1.54, 1.807) is 6.92 Å². The van der Waals surface area contributed by atoms with Crippen molar-refractivity contribution in [2.45, 2.75) is 38.5 Å². The average molecular weight is 307 g/mol. The van der Waals surface area contributed by atoms with E-state index in [2.05, 4.69) is 10.1 Å². The predicted molar refractivity (Wildman–Crippen MR) is 69.0 cm³/mol. The van der Waals surface area contributed by atoms with Gasteiger partial charge in [-0.3, -0.25) is 5.32 Å². The maximum Gasteiger partial charge on any atom is 0.416 e. The molecule has 118 valence electrons. The van der Waals surface area contributed by atoms with Crippen LogP contribution in [-0.4, -0.2) is 19.1 Å². The summed E-state index contributed by atoms with van der Waals surface area (Å²) in [6.07, 6.45) is -4.04. The molecule has 0 aliphatic carbocycles. The van der Waals surface area contributed by atoms with E-state index in [1.165, 1.54) is 0 Å². The summed E-state index contributed by atoms with van der Waals surface area (Å²) in [4.78, 5) is 11.7. The van der Waals surface area contributed by atoms with E-state index in [9.17, 15) is 22.4 Å². The summed E-state index contributed by atoms with van der Waals surface area (Å²) in [7, 11) is 1.12. The van der Waals surface area contributed by atoms with Crippen LogP contribution in [0.3, 0.4) is 0 Å². The fraction of sp³-hybridized carbons (Fsp3) is 0.500.